The van der Waals surface area contributed by atoms with Crippen LogP contribution in [0.5, 0.6) is 11.5 Å². The predicted octanol–water partition coefficient (Wildman–Crippen LogP) is 6.40. The fraction of sp³-hybridized carbons (Fsp3) is 0.696. The van der Waals surface area contributed by atoms with Crippen LogP contribution in [0.3, 0.4) is 0 Å². The zero-order chi connectivity index (χ0) is 25.6. The van der Waals surface area contributed by atoms with Crippen LogP contribution in [-0.2, 0) is 4.79 Å². The third-order valence-electron chi connectivity index (χ3n) is 7.16. The predicted molar refractivity (Wildman–Crippen MR) is 109 cm³/mol. The Labute approximate surface area is 196 Å². The van der Waals surface area contributed by atoms with Crippen molar-refractivity contribution in [1.82, 2.24) is 0 Å². The Morgan fingerprint density at radius 3 is 1.60 bits per heavy atom. The highest BCUT2D eigenvalue weighted by Crippen LogP contribution is 2.60. The van der Waals surface area contributed by atoms with E-state index in [-0.39, 0.29) is 11.6 Å². The molecule has 1 aromatic rings. The second-order valence-corrected chi connectivity index (χ2v) is 10.0. The van der Waals surface area contributed by atoms with Crippen molar-refractivity contribution in [1.29, 1.82) is 0 Å². The van der Waals surface area contributed by atoms with Crippen LogP contribution >= 0.6 is 0 Å². The molecule has 1 aromatic carbocycles. The van der Waals surface area contributed by atoms with Crippen LogP contribution < -0.4 is 14.8 Å². The zero-order valence-electron chi connectivity index (χ0n) is 18.5. The molecule has 0 heterocycles. The quantitative estimate of drug-likeness (QED) is 0.367. The van der Waals surface area contributed by atoms with Crippen LogP contribution in [0.4, 0.5) is 40.8 Å². The van der Waals surface area contributed by atoms with Gasteiger partial charge in [-0.15, -0.1) is 0 Å². The molecule has 12 heteroatoms. The first-order chi connectivity index (χ1) is 16.3. The van der Waals surface area contributed by atoms with Crippen molar-refractivity contribution in [3.8, 4) is 11.5 Å². The van der Waals surface area contributed by atoms with E-state index in [2.05, 4.69) is 5.32 Å². The number of nitrogens with one attached hydrogen (secondary N) is 1. The van der Waals surface area contributed by atoms with Gasteiger partial charge in [-0.2, -0.15) is 17.6 Å². The number of hydrogen-bond acceptors (Lipinski definition) is 3. The summed E-state index contributed by atoms with van der Waals surface area (Å²) >= 11 is 0. The highest BCUT2D eigenvalue weighted by atomic mass is 19.3. The lowest BCUT2D eigenvalue weighted by atomic mass is 9.49. The third-order valence-corrected chi connectivity index (χ3v) is 7.16. The van der Waals surface area contributed by atoms with Crippen LogP contribution in [-0.4, -0.2) is 43.8 Å². The molecule has 35 heavy (non-hydrogen) atoms. The third kappa shape index (κ3) is 5.61. The summed E-state index contributed by atoms with van der Waals surface area (Å²) in [6.45, 7) is -3.46. The lowest BCUT2D eigenvalue weighted by Crippen LogP contribution is -2.51. The number of benzene rings is 1. The highest BCUT2D eigenvalue weighted by Gasteiger charge is 2.54. The number of rotatable bonds is 10. The fourth-order valence-electron chi connectivity index (χ4n) is 5.95. The SMILES string of the molecule is O=C(Nc1cc(OCC(F)(F)C(F)F)cc(OCC(F)(F)C(F)F)c1)C12CC3CC(CC(C3)C1)C2. The number of ether oxygens (including phenoxy) is 2. The Kier molecular flexibility index (Phi) is 6.87. The number of carbonyl (C=O) groups excluding carboxylic acids is 1. The van der Waals surface area contributed by atoms with Gasteiger partial charge in [0.2, 0.25) is 5.91 Å². The molecule has 0 saturated heterocycles. The Morgan fingerprint density at radius 1 is 0.829 bits per heavy atom. The van der Waals surface area contributed by atoms with Crippen molar-refractivity contribution in [2.75, 3.05) is 18.5 Å². The maximum absolute atomic E-state index is 13.3. The largest absolute Gasteiger partial charge is 0.487 e. The van der Waals surface area contributed by atoms with E-state index in [1.165, 1.54) is 0 Å². The molecule has 4 saturated carbocycles. The van der Waals surface area contributed by atoms with Crippen LogP contribution in [0, 0.1) is 23.2 Å². The van der Waals surface area contributed by atoms with Crippen molar-refractivity contribution in [3.05, 3.63) is 18.2 Å². The molecule has 4 fully saturated rings. The van der Waals surface area contributed by atoms with Gasteiger partial charge in [-0.25, -0.2) is 17.6 Å². The monoisotopic (exact) mass is 515 g/mol. The molecule has 0 aliphatic heterocycles. The number of halogens is 8. The molecule has 0 atom stereocenters. The second-order valence-electron chi connectivity index (χ2n) is 10.0. The standard InChI is InChI=1S/C23H25F8NO3/c24-18(25)22(28,29)10-34-16-4-15(5-17(6-16)35-11-23(30,31)19(26)27)32-20(33)21-7-12-1-13(8-21)3-14(2-12)9-21/h4-6,12-14,18-19H,1-3,7-11H2,(H,32,33). The molecule has 4 nitrogen and oxygen atoms in total. The molecule has 0 spiro atoms. The van der Waals surface area contributed by atoms with Gasteiger partial charge in [-0.05, 0) is 56.3 Å². The number of anilines is 1. The van der Waals surface area contributed by atoms with Crippen molar-refractivity contribution in [2.24, 2.45) is 23.2 Å². The minimum Gasteiger partial charge on any atom is -0.487 e. The molecule has 0 radical (unpaired) electrons. The van der Waals surface area contributed by atoms with Gasteiger partial charge in [0.05, 0.1) is 5.41 Å². The van der Waals surface area contributed by atoms with Gasteiger partial charge < -0.3 is 14.8 Å². The highest BCUT2D eigenvalue weighted by molar-refractivity contribution is 5.96. The Balaban J connectivity index is 1.53. The van der Waals surface area contributed by atoms with E-state index in [1.54, 1.807) is 0 Å². The van der Waals surface area contributed by atoms with Gasteiger partial charge in [0.1, 0.15) is 11.5 Å². The summed E-state index contributed by atoms with van der Waals surface area (Å²) in [4.78, 5) is 13.3. The summed E-state index contributed by atoms with van der Waals surface area (Å²) in [5.74, 6) is -8.97. The number of hydrogen-bond donors (Lipinski definition) is 1. The molecule has 1 N–H and O–H groups in total. The van der Waals surface area contributed by atoms with E-state index >= 15 is 0 Å². The van der Waals surface area contributed by atoms with E-state index in [9.17, 15) is 39.9 Å². The minimum absolute atomic E-state index is 0.0704. The first kappa shape index (κ1) is 25.8. The summed E-state index contributed by atoms with van der Waals surface area (Å²) in [5.41, 5.74) is -0.683. The Bertz CT molecular complexity index is 862. The number of alkyl halides is 8. The maximum Gasteiger partial charge on any atom is 0.340 e. The Hall–Kier alpha value is -2.27. The van der Waals surface area contributed by atoms with E-state index < -0.39 is 54.8 Å². The first-order valence-electron chi connectivity index (χ1n) is 11.3. The molecule has 1 amide bonds. The molecular formula is C23H25F8NO3. The molecule has 4 aliphatic carbocycles. The summed E-state index contributed by atoms with van der Waals surface area (Å²) in [7, 11) is 0. The van der Waals surface area contributed by atoms with Crippen LogP contribution in [0.25, 0.3) is 0 Å². The Morgan fingerprint density at radius 2 is 1.23 bits per heavy atom. The van der Waals surface area contributed by atoms with Gasteiger partial charge in [0, 0.05) is 23.9 Å². The van der Waals surface area contributed by atoms with Crippen molar-refractivity contribution < 1.29 is 49.4 Å². The van der Waals surface area contributed by atoms with Crippen LogP contribution in [0.1, 0.15) is 38.5 Å². The molecule has 4 bridgehead atoms. The summed E-state index contributed by atoms with van der Waals surface area (Å²) in [6.07, 6.45) is -2.70. The first-order valence-corrected chi connectivity index (χ1v) is 11.3. The second kappa shape index (κ2) is 9.31. The molecule has 196 valence electrons. The summed E-state index contributed by atoms with van der Waals surface area (Å²) in [5, 5.41) is 2.65. The zero-order valence-corrected chi connectivity index (χ0v) is 18.5. The van der Waals surface area contributed by atoms with Crippen molar-refractivity contribution >= 4 is 11.6 Å². The van der Waals surface area contributed by atoms with Crippen LogP contribution in [0.2, 0.25) is 0 Å². The normalized spacial score (nSPS) is 28.0. The van der Waals surface area contributed by atoms with E-state index in [1.807, 2.05) is 0 Å². The van der Waals surface area contributed by atoms with Gasteiger partial charge in [-0.3, -0.25) is 4.79 Å². The van der Waals surface area contributed by atoms with Crippen molar-refractivity contribution in [3.63, 3.8) is 0 Å². The topological polar surface area (TPSA) is 47.6 Å². The fourth-order valence-corrected chi connectivity index (χ4v) is 5.95. The lowest BCUT2D eigenvalue weighted by molar-refractivity contribution is -0.149. The molecule has 0 unspecified atom stereocenters. The van der Waals surface area contributed by atoms with Gasteiger partial charge in [-0.1, -0.05) is 0 Å². The van der Waals surface area contributed by atoms with Gasteiger partial charge in [0.25, 0.3) is 0 Å². The van der Waals surface area contributed by atoms with Crippen LogP contribution in [0.15, 0.2) is 18.2 Å². The van der Waals surface area contributed by atoms with Gasteiger partial charge >= 0.3 is 24.7 Å². The molecule has 0 aromatic heterocycles. The maximum atomic E-state index is 13.3. The summed E-state index contributed by atoms with van der Waals surface area (Å²) in [6, 6.07) is 2.96. The lowest BCUT2D eigenvalue weighted by Gasteiger charge is -2.55. The molecule has 4 aliphatic rings. The number of amides is 1. The average Bonchev–Trinajstić information content (AvgIpc) is 2.75. The smallest absolute Gasteiger partial charge is 0.340 e. The van der Waals surface area contributed by atoms with E-state index in [0.29, 0.717) is 37.0 Å². The van der Waals surface area contributed by atoms with E-state index in [0.717, 1.165) is 37.5 Å². The number of carbonyl (C=O) groups is 1. The van der Waals surface area contributed by atoms with Crippen molar-refractivity contribution in [2.45, 2.75) is 63.2 Å². The molecular weight excluding hydrogens is 490 g/mol. The molecule has 5 rings (SSSR count). The summed E-state index contributed by atoms with van der Waals surface area (Å²) < 4.78 is 113. The minimum atomic E-state index is -4.50. The average molecular weight is 515 g/mol. The van der Waals surface area contributed by atoms with Gasteiger partial charge in [0.15, 0.2) is 13.2 Å². The van der Waals surface area contributed by atoms with E-state index in [4.69, 9.17) is 9.47 Å².